The van der Waals surface area contributed by atoms with E-state index in [9.17, 15) is 18.0 Å². The predicted molar refractivity (Wildman–Crippen MR) is 159 cm³/mol. The maximum atomic E-state index is 13.5. The van der Waals surface area contributed by atoms with Gasteiger partial charge in [-0.25, -0.2) is 15.0 Å². The van der Waals surface area contributed by atoms with Gasteiger partial charge in [-0.1, -0.05) is 18.2 Å². The van der Waals surface area contributed by atoms with Crippen molar-refractivity contribution in [2.45, 2.75) is 12.7 Å². The van der Waals surface area contributed by atoms with Crippen LogP contribution >= 0.6 is 11.6 Å². The first-order chi connectivity index (χ1) is 19.9. The van der Waals surface area contributed by atoms with Crippen molar-refractivity contribution in [1.29, 1.82) is 0 Å². The number of aromatic nitrogens is 4. The lowest BCUT2D eigenvalue weighted by Gasteiger charge is -2.26. The van der Waals surface area contributed by atoms with Crippen molar-refractivity contribution >= 4 is 51.6 Å². The van der Waals surface area contributed by atoms with Crippen LogP contribution in [0.15, 0.2) is 55.3 Å². The number of hydrogen-bond acceptors (Lipinski definition) is 8. The first-order valence-corrected chi connectivity index (χ1v) is 13.1. The summed E-state index contributed by atoms with van der Waals surface area (Å²) >= 11 is 6.07. The molecule has 0 aliphatic rings. The van der Waals surface area contributed by atoms with Gasteiger partial charge in [0.1, 0.15) is 18.0 Å². The van der Waals surface area contributed by atoms with E-state index in [0.29, 0.717) is 34.9 Å². The molecule has 2 aromatic heterocycles. The molecule has 0 radical (unpaired) electrons. The van der Waals surface area contributed by atoms with Gasteiger partial charge in [-0.3, -0.25) is 4.79 Å². The van der Waals surface area contributed by atoms with Crippen molar-refractivity contribution in [3.63, 3.8) is 0 Å². The number of fused-ring (bicyclic) bond motifs is 1. The SMILES string of the molecule is C=CC(=O)Nc1cc(Nc2nccc(-c3nc4ccc(Cl)cc4n3CC(F)(F)F)n2)c(OC)cc1N(C)CCN(C)C. The van der Waals surface area contributed by atoms with Gasteiger partial charge >= 0.3 is 6.18 Å². The number of amides is 1. The number of benzene rings is 2. The summed E-state index contributed by atoms with van der Waals surface area (Å²) in [7, 11) is 7.31. The Hall–Kier alpha value is -4.36. The second-order valence-corrected chi connectivity index (χ2v) is 10.1. The number of carbonyl (C=O) groups excluding carboxylic acids is 1. The van der Waals surface area contributed by atoms with E-state index in [1.54, 1.807) is 24.3 Å². The molecule has 0 saturated carbocycles. The Kier molecular flexibility index (Phi) is 9.22. The monoisotopic (exact) mass is 602 g/mol. The molecule has 2 aromatic carbocycles. The molecule has 0 saturated heterocycles. The van der Waals surface area contributed by atoms with Crippen molar-refractivity contribution in [3.8, 4) is 17.3 Å². The first-order valence-electron chi connectivity index (χ1n) is 12.7. The van der Waals surface area contributed by atoms with Gasteiger partial charge in [0.05, 0.1) is 35.2 Å². The minimum Gasteiger partial charge on any atom is -0.494 e. The fourth-order valence-electron chi connectivity index (χ4n) is 4.20. The van der Waals surface area contributed by atoms with Crippen LogP contribution in [0.4, 0.5) is 36.2 Å². The topological polar surface area (TPSA) is 100 Å². The van der Waals surface area contributed by atoms with E-state index in [4.69, 9.17) is 16.3 Å². The highest BCUT2D eigenvalue weighted by Gasteiger charge is 2.31. The fourth-order valence-corrected chi connectivity index (χ4v) is 4.37. The van der Waals surface area contributed by atoms with E-state index in [0.717, 1.165) is 17.2 Å². The first kappa shape index (κ1) is 30.6. The summed E-state index contributed by atoms with van der Waals surface area (Å²) in [5, 5.41) is 6.16. The largest absolute Gasteiger partial charge is 0.494 e. The lowest BCUT2D eigenvalue weighted by Crippen LogP contribution is -2.29. The Bertz CT molecular complexity index is 1610. The molecule has 14 heteroatoms. The highest BCUT2D eigenvalue weighted by atomic mass is 35.5. The average molecular weight is 603 g/mol. The molecule has 0 atom stereocenters. The van der Waals surface area contributed by atoms with Crippen molar-refractivity contribution < 1.29 is 22.7 Å². The molecule has 0 fully saturated rings. The lowest BCUT2D eigenvalue weighted by atomic mass is 10.2. The number of rotatable bonds is 11. The molecule has 10 nitrogen and oxygen atoms in total. The van der Waals surface area contributed by atoms with Gasteiger partial charge < -0.3 is 29.7 Å². The Balaban J connectivity index is 1.75. The normalized spacial score (nSPS) is 11.5. The van der Waals surface area contributed by atoms with Crippen LogP contribution in [-0.2, 0) is 11.3 Å². The average Bonchev–Trinajstić information content (AvgIpc) is 3.27. The van der Waals surface area contributed by atoms with Gasteiger partial charge in [-0.15, -0.1) is 0 Å². The molecule has 0 bridgehead atoms. The molecular formula is C28H30ClF3N8O2. The van der Waals surface area contributed by atoms with Crippen molar-refractivity contribution in [1.82, 2.24) is 24.4 Å². The zero-order chi connectivity index (χ0) is 30.6. The maximum Gasteiger partial charge on any atom is 0.406 e. The van der Waals surface area contributed by atoms with Crippen LogP contribution in [0.2, 0.25) is 5.02 Å². The van der Waals surface area contributed by atoms with Crippen LogP contribution in [0.3, 0.4) is 0 Å². The summed E-state index contributed by atoms with van der Waals surface area (Å²) in [6.45, 7) is 3.67. The number of carbonyl (C=O) groups is 1. The molecule has 2 N–H and O–H groups in total. The number of halogens is 4. The van der Waals surface area contributed by atoms with Crippen molar-refractivity contribution in [3.05, 3.63) is 60.3 Å². The third kappa shape index (κ3) is 7.28. The highest BCUT2D eigenvalue weighted by molar-refractivity contribution is 6.31. The van der Waals surface area contributed by atoms with Gasteiger partial charge in [0.2, 0.25) is 11.9 Å². The van der Waals surface area contributed by atoms with E-state index >= 15 is 0 Å². The number of imidazole rings is 1. The van der Waals surface area contributed by atoms with E-state index in [1.165, 1.54) is 25.4 Å². The molecule has 0 unspecified atom stereocenters. The van der Waals surface area contributed by atoms with Gasteiger partial charge in [0.25, 0.3) is 0 Å². The number of ether oxygens (including phenoxy) is 1. The van der Waals surface area contributed by atoms with Gasteiger partial charge in [-0.2, -0.15) is 13.2 Å². The van der Waals surface area contributed by atoms with Crippen molar-refractivity contribution in [2.24, 2.45) is 0 Å². The summed E-state index contributed by atoms with van der Waals surface area (Å²) in [4.78, 5) is 29.4. The van der Waals surface area contributed by atoms with Crippen LogP contribution in [0, 0.1) is 0 Å². The molecular weight excluding hydrogens is 573 g/mol. The molecule has 1 amide bonds. The second kappa shape index (κ2) is 12.7. The molecule has 222 valence electrons. The van der Waals surface area contributed by atoms with Crippen LogP contribution in [0.5, 0.6) is 5.75 Å². The van der Waals surface area contributed by atoms with Gasteiger partial charge in [0, 0.05) is 37.4 Å². The molecule has 0 aliphatic carbocycles. The number of hydrogen-bond donors (Lipinski definition) is 2. The standard InChI is InChI=1S/C28H30ClF3N8O2/c1-6-25(41)34-20-14-21(24(42-5)15-22(20)39(4)12-11-38(2)3)37-27-33-10-9-19(36-27)26-35-18-8-7-17(29)13-23(18)40(26)16-28(30,31)32/h6-10,13-15H,1,11-12,16H2,2-5H3,(H,34,41)(H,33,36,37). The molecule has 2 heterocycles. The van der Waals surface area contributed by atoms with Gasteiger partial charge in [-0.05, 0) is 50.5 Å². The van der Waals surface area contributed by atoms with E-state index in [1.807, 2.05) is 30.9 Å². The molecule has 4 aromatic rings. The minimum absolute atomic E-state index is 0.00110. The quantitative estimate of drug-likeness (QED) is 0.215. The maximum absolute atomic E-state index is 13.5. The number of methoxy groups -OCH3 is 1. The summed E-state index contributed by atoms with van der Waals surface area (Å²) in [6.07, 6.45) is -1.95. The highest BCUT2D eigenvalue weighted by Crippen LogP contribution is 2.38. The number of alkyl halides is 3. The summed E-state index contributed by atoms with van der Waals surface area (Å²) < 4.78 is 47.3. The summed E-state index contributed by atoms with van der Waals surface area (Å²) in [5.41, 5.74) is 2.30. The van der Waals surface area contributed by atoms with Crippen LogP contribution < -0.4 is 20.3 Å². The van der Waals surface area contributed by atoms with E-state index < -0.39 is 18.6 Å². The minimum atomic E-state index is -4.51. The Morgan fingerprint density at radius 1 is 1.12 bits per heavy atom. The number of nitrogens with zero attached hydrogens (tertiary/aromatic N) is 6. The lowest BCUT2D eigenvalue weighted by molar-refractivity contribution is -0.139. The van der Waals surface area contributed by atoms with Crippen LogP contribution in [0.1, 0.15) is 0 Å². The molecule has 0 spiro atoms. The van der Waals surface area contributed by atoms with Crippen LogP contribution in [0.25, 0.3) is 22.6 Å². The Labute approximate surface area is 245 Å². The number of likely N-dealkylation sites (N-methyl/N-ethyl adjacent to an activating group) is 2. The Morgan fingerprint density at radius 3 is 2.55 bits per heavy atom. The molecule has 42 heavy (non-hydrogen) atoms. The zero-order valence-corrected chi connectivity index (χ0v) is 24.2. The second-order valence-electron chi connectivity index (χ2n) is 9.65. The number of anilines is 4. The van der Waals surface area contributed by atoms with E-state index in [-0.39, 0.29) is 28.0 Å². The number of nitrogens with one attached hydrogen (secondary N) is 2. The zero-order valence-electron chi connectivity index (χ0n) is 23.5. The fraction of sp³-hybridized carbons (Fsp3) is 0.286. The summed E-state index contributed by atoms with van der Waals surface area (Å²) in [5.74, 6) is 0.0875. The van der Waals surface area contributed by atoms with Crippen molar-refractivity contribution in [2.75, 3.05) is 56.9 Å². The molecule has 0 aliphatic heterocycles. The Morgan fingerprint density at radius 2 is 1.88 bits per heavy atom. The van der Waals surface area contributed by atoms with Crippen LogP contribution in [-0.4, -0.2) is 77.8 Å². The third-order valence-corrected chi connectivity index (χ3v) is 6.47. The third-order valence-electron chi connectivity index (χ3n) is 6.23. The molecule has 4 rings (SSSR count). The predicted octanol–water partition coefficient (Wildman–Crippen LogP) is 5.58. The van der Waals surface area contributed by atoms with Gasteiger partial charge in [0.15, 0.2) is 5.82 Å². The summed E-state index contributed by atoms with van der Waals surface area (Å²) in [6, 6.07) is 9.43. The smallest absolute Gasteiger partial charge is 0.406 e. The van der Waals surface area contributed by atoms with E-state index in [2.05, 4.69) is 32.2 Å².